The maximum Gasteiger partial charge on any atom is 0.261 e. The largest absolute Gasteiger partial charge is 0.378 e. The fraction of sp³-hybridized carbons (Fsp3) is 0.440. The topological polar surface area (TPSA) is 116 Å². The van der Waals surface area contributed by atoms with Gasteiger partial charge in [-0.05, 0) is 57.0 Å². The van der Waals surface area contributed by atoms with Crippen LogP contribution in [0.1, 0.15) is 49.5 Å². The third-order valence-corrected chi connectivity index (χ3v) is 6.92. The van der Waals surface area contributed by atoms with Crippen molar-refractivity contribution < 1.29 is 13.9 Å². The number of carbonyl (C=O) groups is 1. The van der Waals surface area contributed by atoms with E-state index in [-0.39, 0.29) is 47.7 Å². The van der Waals surface area contributed by atoms with Crippen molar-refractivity contribution in [3.63, 3.8) is 0 Å². The highest BCUT2D eigenvalue weighted by Gasteiger charge is 2.46. The highest BCUT2D eigenvalue weighted by atomic mass is 19.1. The molecule has 1 aromatic carbocycles. The van der Waals surface area contributed by atoms with E-state index >= 15 is 4.39 Å². The number of benzene rings is 1. The molecule has 0 spiro atoms. The van der Waals surface area contributed by atoms with Crippen LogP contribution in [0.3, 0.4) is 0 Å². The van der Waals surface area contributed by atoms with Gasteiger partial charge >= 0.3 is 0 Å². The van der Waals surface area contributed by atoms with Crippen LogP contribution in [0, 0.1) is 11.3 Å². The van der Waals surface area contributed by atoms with Gasteiger partial charge in [0.15, 0.2) is 5.82 Å². The lowest BCUT2D eigenvalue weighted by Crippen LogP contribution is -2.49. The van der Waals surface area contributed by atoms with Crippen molar-refractivity contribution in [1.82, 2.24) is 19.7 Å². The summed E-state index contributed by atoms with van der Waals surface area (Å²) in [6.07, 6.45) is 0.181. The van der Waals surface area contributed by atoms with E-state index in [0.717, 1.165) is 5.56 Å². The Morgan fingerprint density at radius 3 is 2.86 bits per heavy atom. The van der Waals surface area contributed by atoms with Crippen LogP contribution in [0.15, 0.2) is 35.3 Å². The highest BCUT2D eigenvalue weighted by Crippen LogP contribution is 2.39. The quantitative estimate of drug-likeness (QED) is 0.592. The molecule has 5 rings (SSSR count). The normalized spacial score (nSPS) is 22.3. The predicted molar refractivity (Wildman–Crippen MR) is 128 cm³/mol. The van der Waals surface area contributed by atoms with E-state index in [1.807, 2.05) is 31.7 Å². The molecule has 1 fully saturated rings. The molecule has 35 heavy (non-hydrogen) atoms. The van der Waals surface area contributed by atoms with Crippen LogP contribution >= 0.6 is 0 Å². The molecule has 3 aromatic rings. The first-order chi connectivity index (χ1) is 16.7. The summed E-state index contributed by atoms with van der Waals surface area (Å²) in [5.74, 6) is 0.243. The van der Waals surface area contributed by atoms with Gasteiger partial charge in [0.05, 0.1) is 24.6 Å². The number of ether oxygens (including phenoxy) is 1. The lowest BCUT2D eigenvalue weighted by Gasteiger charge is -2.38. The summed E-state index contributed by atoms with van der Waals surface area (Å²) >= 11 is 0. The molecule has 182 valence electrons. The van der Waals surface area contributed by atoms with E-state index < -0.39 is 11.7 Å². The average Bonchev–Trinajstić information content (AvgIpc) is 3.34. The smallest absolute Gasteiger partial charge is 0.261 e. The van der Waals surface area contributed by atoms with Crippen molar-refractivity contribution in [1.29, 1.82) is 5.26 Å². The maximum absolute atomic E-state index is 15.3. The number of halogens is 1. The minimum atomic E-state index is -1.46. The Kier molecular flexibility index (Phi) is 5.40. The standard InChI is InChI=1S/C25H27FN6O3/c1-24(2,3)31-13-15-12-16(4-5-17(15)23(31)34)29-21-20-18(6-10-28-22(20)33)32(30-21)25(7-9-27)8-11-35-14-19(25)26/h4-6,10,12,19H,7-8,11,13-14H2,1-3H3,(H,28,33)(H,29,30)/t19-,25+/m1/s1. The summed E-state index contributed by atoms with van der Waals surface area (Å²) in [4.78, 5) is 30.1. The van der Waals surface area contributed by atoms with E-state index in [1.165, 1.54) is 10.9 Å². The lowest BCUT2D eigenvalue weighted by atomic mass is 9.85. The Morgan fingerprint density at radius 2 is 2.14 bits per heavy atom. The first-order valence-corrected chi connectivity index (χ1v) is 11.6. The van der Waals surface area contributed by atoms with Crippen LogP contribution in [0.2, 0.25) is 0 Å². The van der Waals surface area contributed by atoms with Crippen molar-refractivity contribution in [3.8, 4) is 6.07 Å². The van der Waals surface area contributed by atoms with Crippen molar-refractivity contribution >= 4 is 28.3 Å². The highest BCUT2D eigenvalue weighted by molar-refractivity contribution is 5.99. The molecule has 0 aliphatic carbocycles. The molecule has 2 N–H and O–H groups in total. The second-order valence-corrected chi connectivity index (χ2v) is 10.1. The molecule has 2 aliphatic heterocycles. The van der Waals surface area contributed by atoms with E-state index in [9.17, 15) is 14.9 Å². The number of hydrogen-bond acceptors (Lipinski definition) is 6. The van der Waals surface area contributed by atoms with Crippen LogP contribution in [0.4, 0.5) is 15.9 Å². The number of carbonyl (C=O) groups excluding carboxylic acids is 1. The molecule has 1 saturated heterocycles. The molecule has 0 saturated carbocycles. The number of amides is 1. The van der Waals surface area contributed by atoms with Gasteiger partial charge in [-0.15, -0.1) is 0 Å². The fourth-order valence-electron chi connectivity index (χ4n) is 4.98. The molecule has 1 amide bonds. The van der Waals surface area contributed by atoms with E-state index in [4.69, 9.17) is 4.74 Å². The summed E-state index contributed by atoms with van der Waals surface area (Å²) in [5.41, 5.74) is 0.688. The van der Waals surface area contributed by atoms with Gasteiger partial charge in [-0.25, -0.2) is 4.39 Å². The maximum atomic E-state index is 15.3. The van der Waals surface area contributed by atoms with E-state index in [2.05, 4.69) is 21.5 Å². The zero-order valence-corrected chi connectivity index (χ0v) is 19.9. The number of hydrogen-bond donors (Lipinski definition) is 2. The predicted octanol–water partition coefficient (Wildman–Crippen LogP) is 3.59. The van der Waals surface area contributed by atoms with Gasteiger partial charge in [0.2, 0.25) is 0 Å². The number of rotatable bonds is 4. The zero-order valence-electron chi connectivity index (χ0n) is 19.9. The Morgan fingerprint density at radius 1 is 1.34 bits per heavy atom. The molecule has 4 heterocycles. The molecular formula is C25H27FN6O3. The summed E-state index contributed by atoms with van der Waals surface area (Å²) < 4.78 is 22.0. The Bertz CT molecular complexity index is 1420. The van der Waals surface area contributed by atoms with Crippen LogP contribution in [0.25, 0.3) is 10.9 Å². The number of fused-ring (bicyclic) bond motifs is 2. The third kappa shape index (κ3) is 3.67. The van der Waals surface area contributed by atoms with E-state index in [1.54, 1.807) is 18.2 Å². The molecule has 2 aromatic heterocycles. The third-order valence-electron chi connectivity index (χ3n) is 6.92. The number of aromatic nitrogens is 3. The molecule has 0 bridgehead atoms. The van der Waals surface area contributed by atoms with Crippen molar-refractivity contribution in [2.75, 3.05) is 18.5 Å². The van der Waals surface area contributed by atoms with Crippen molar-refractivity contribution in [3.05, 3.63) is 51.9 Å². The van der Waals surface area contributed by atoms with E-state index in [0.29, 0.717) is 29.9 Å². The number of H-pyrrole nitrogens is 1. The van der Waals surface area contributed by atoms with Crippen LogP contribution in [0.5, 0.6) is 0 Å². The molecule has 0 unspecified atom stereocenters. The van der Waals surface area contributed by atoms with Gasteiger partial charge in [0, 0.05) is 36.1 Å². The van der Waals surface area contributed by atoms with Gasteiger partial charge in [0.25, 0.3) is 11.5 Å². The minimum absolute atomic E-state index is 0.0165. The average molecular weight is 479 g/mol. The van der Waals surface area contributed by atoms with Gasteiger partial charge in [-0.1, -0.05) is 0 Å². The van der Waals surface area contributed by atoms with Crippen LogP contribution in [-0.2, 0) is 16.8 Å². The Balaban J connectivity index is 1.58. The Hall–Kier alpha value is -3.71. The number of pyridine rings is 1. The number of alkyl halides is 1. The minimum Gasteiger partial charge on any atom is -0.378 e. The van der Waals surface area contributed by atoms with Crippen molar-refractivity contribution in [2.24, 2.45) is 0 Å². The van der Waals surface area contributed by atoms with Gasteiger partial charge < -0.3 is 19.9 Å². The summed E-state index contributed by atoms with van der Waals surface area (Å²) in [6, 6.07) is 9.17. The fourth-order valence-corrected chi connectivity index (χ4v) is 4.98. The first-order valence-electron chi connectivity index (χ1n) is 11.6. The van der Waals surface area contributed by atoms with Crippen molar-refractivity contribution in [2.45, 2.75) is 57.4 Å². The molecule has 2 aliphatic rings. The van der Waals surface area contributed by atoms with Crippen LogP contribution < -0.4 is 10.9 Å². The molecule has 9 nitrogen and oxygen atoms in total. The SMILES string of the molecule is CC(C)(C)N1Cc2cc(Nc3nn([C@@]4(CC#N)CCOC[C@H]4F)c4cc[nH]c(=O)c34)ccc2C1=O. The molecule has 2 atom stereocenters. The van der Waals surface area contributed by atoms with Crippen LogP contribution in [-0.4, -0.2) is 50.5 Å². The summed E-state index contributed by atoms with van der Waals surface area (Å²) in [6.45, 7) is 6.61. The lowest BCUT2D eigenvalue weighted by molar-refractivity contribution is -0.0511. The van der Waals surface area contributed by atoms with Gasteiger partial charge in [-0.2, -0.15) is 10.4 Å². The summed E-state index contributed by atoms with van der Waals surface area (Å²) in [7, 11) is 0. The summed E-state index contributed by atoms with van der Waals surface area (Å²) in [5, 5.41) is 17.6. The number of anilines is 2. The molecular weight excluding hydrogens is 451 g/mol. The zero-order chi connectivity index (χ0) is 25.0. The number of nitrogens with one attached hydrogen (secondary N) is 2. The number of aromatic amines is 1. The monoisotopic (exact) mass is 478 g/mol. The Labute approximate surface area is 201 Å². The van der Waals surface area contributed by atoms with Gasteiger partial charge in [-0.3, -0.25) is 14.3 Å². The second kappa shape index (κ2) is 8.20. The second-order valence-electron chi connectivity index (χ2n) is 10.1. The molecule has 0 radical (unpaired) electrons. The van der Waals surface area contributed by atoms with Gasteiger partial charge in [0.1, 0.15) is 17.1 Å². The first kappa shape index (κ1) is 23.1. The number of nitrogens with zero attached hydrogens (tertiary/aromatic N) is 4. The number of nitriles is 1. The molecule has 10 heteroatoms.